The van der Waals surface area contributed by atoms with Crippen LogP contribution in [0.5, 0.6) is 5.75 Å². The Morgan fingerprint density at radius 2 is 2.00 bits per heavy atom. The standard InChI is InChI=1S/C16H27NO2/c1-13(2)12-17-8-10-19-9-7-15-5-6-16(18-4)14(3)11-15/h5-6,11,13,17H,7-10,12H2,1-4H3. The van der Waals surface area contributed by atoms with Crippen molar-refractivity contribution in [2.45, 2.75) is 27.2 Å². The molecule has 19 heavy (non-hydrogen) atoms. The summed E-state index contributed by atoms with van der Waals surface area (Å²) in [6.07, 6.45) is 0.953. The second kappa shape index (κ2) is 8.94. The van der Waals surface area contributed by atoms with Crippen molar-refractivity contribution in [3.8, 4) is 5.75 Å². The molecule has 3 heteroatoms. The van der Waals surface area contributed by atoms with Crippen molar-refractivity contribution in [2.75, 3.05) is 33.4 Å². The molecule has 0 aliphatic heterocycles. The summed E-state index contributed by atoms with van der Waals surface area (Å²) in [4.78, 5) is 0. The van der Waals surface area contributed by atoms with Crippen molar-refractivity contribution >= 4 is 0 Å². The lowest BCUT2D eigenvalue weighted by atomic mass is 10.1. The van der Waals surface area contributed by atoms with Gasteiger partial charge in [0, 0.05) is 6.54 Å². The fourth-order valence-electron chi connectivity index (χ4n) is 1.92. The van der Waals surface area contributed by atoms with Crippen molar-refractivity contribution in [1.82, 2.24) is 5.32 Å². The highest BCUT2D eigenvalue weighted by Crippen LogP contribution is 2.18. The molecule has 1 aromatic rings. The molecule has 0 heterocycles. The van der Waals surface area contributed by atoms with E-state index >= 15 is 0 Å². The van der Waals surface area contributed by atoms with Crippen LogP contribution in [0.2, 0.25) is 0 Å². The van der Waals surface area contributed by atoms with Gasteiger partial charge in [-0.15, -0.1) is 0 Å². The number of aryl methyl sites for hydroxylation is 1. The lowest BCUT2D eigenvalue weighted by Gasteiger charge is -2.09. The minimum Gasteiger partial charge on any atom is -0.496 e. The number of methoxy groups -OCH3 is 1. The van der Waals surface area contributed by atoms with E-state index in [0.29, 0.717) is 5.92 Å². The molecule has 0 atom stereocenters. The molecule has 0 aromatic heterocycles. The highest BCUT2D eigenvalue weighted by atomic mass is 16.5. The van der Waals surface area contributed by atoms with Crippen LogP contribution in [0, 0.1) is 12.8 Å². The summed E-state index contributed by atoms with van der Waals surface area (Å²) >= 11 is 0. The van der Waals surface area contributed by atoms with Gasteiger partial charge in [-0.25, -0.2) is 0 Å². The topological polar surface area (TPSA) is 30.5 Å². The van der Waals surface area contributed by atoms with E-state index in [-0.39, 0.29) is 0 Å². The first-order valence-corrected chi connectivity index (χ1v) is 7.05. The van der Waals surface area contributed by atoms with Crippen LogP contribution in [0.4, 0.5) is 0 Å². The third-order valence-electron chi connectivity index (χ3n) is 2.97. The van der Waals surface area contributed by atoms with Gasteiger partial charge in [-0.1, -0.05) is 26.0 Å². The van der Waals surface area contributed by atoms with Crippen molar-refractivity contribution in [3.05, 3.63) is 29.3 Å². The van der Waals surface area contributed by atoms with Crippen molar-refractivity contribution in [1.29, 1.82) is 0 Å². The summed E-state index contributed by atoms with van der Waals surface area (Å²) < 4.78 is 10.9. The third-order valence-corrected chi connectivity index (χ3v) is 2.97. The first kappa shape index (κ1) is 16.0. The molecule has 0 saturated heterocycles. The molecule has 0 unspecified atom stereocenters. The van der Waals surface area contributed by atoms with E-state index < -0.39 is 0 Å². The van der Waals surface area contributed by atoms with Crippen LogP contribution in [-0.2, 0) is 11.2 Å². The Labute approximate surface area is 117 Å². The van der Waals surface area contributed by atoms with Crippen LogP contribution in [0.1, 0.15) is 25.0 Å². The molecule has 0 saturated carbocycles. The van der Waals surface area contributed by atoms with Crippen molar-refractivity contribution < 1.29 is 9.47 Å². The van der Waals surface area contributed by atoms with Gasteiger partial charge >= 0.3 is 0 Å². The molecule has 0 bridgehead atoms. The van der Waals surface area contributed by atoms with Crippen LogP contribution in [0.15, 0.2) is 18.2 Å². The molecule has 108 valence electrons. The number of rotatable bonds is 9. The molecule has 0 radical (unpaired) electrons. The molecule has 0 amide bonds. The maximum Gasteiger partial charge on any atom is 0.121 e. The lowest BCUT2D eigenvalue weighted by molar-refractivity contribution is 0.138. The number of benzene rings is 1. The van der Waals surface area contributed by atoms with E-state index in [0.717, 1.165) is 38.5 Å². The smallest absolute Gasteiger partial charge is 0.121 e. The van der Waals surface area contributed by atoms with Gasteiger partial charge in [0.1, 0.15) is 5.75 Å². The fourth-order valence-corrected chi connectivity index (χ4v) is 1.92. The second-order valence-electron chi connectivity index (χ2n) is 5.26. The quantitative estimate of drug-likeness (QED) is 0.696. The Morgan fingerprint density at radius 1 is 1.21 bits per heavy atom. The predicted molar refractivity (Wildman–Crippen MR) is 80.0 cm³/mol. The molecule has 0 spiro atoms. The van der Waals surface area contributed by atoms with Gasteiger partial charge in [0.25, 0.3) is 0 Å². The van der Waals surface area contributed by atoms with E-state index in [9.17, 15) is 0 Å². The van der Waals surface area contributed by atoms with Gasteiger partial charge in [-0.2, -0.15) is 0 Å². The van der Waals surface area contributed by atoms with Crippen LogP contribution in [-0.4, -0.2) is 33.4 Å². The highest BCUT2D eigenvalue weighted by molar-refractivity contribution is 5.36. The Kier molecular flexibility index (Phi) is 7.53. The van der Waals surface area contributed by atoms with Crippen LogP contribution in [0.3, 0.4) is 0 Å². The first-order chi connectivity index (χ1) is 9.13. The second-order valence-corrected chi connectivity index (χ2v) is 5.26. The number of hydrogen-bond donors (Lipinski definition) is 1. The molecular formula is C16H27NO2. The monoisotopic (exact) mass is 265 g/mol. The number of hydrogen-bond acceptors (Lipinski definition) is 3. The van der Waals surface area contributed by atoms with Crippen LogP contribution in [0.25, 0.3) is 0 Å². The summed E-state index contributed by atoms with van der Waals surface area (Å²) in [5, 5.41) is 3.37. The summed E-state index contributed by atoms with van der Waals surface area (Å²) in [5.41, 5.74) is 2.48. The maximum atomic E-state index is 5.62. The van der Waals surface area contributed by atoms with Gasteiger partial charge in [-0.3, -0.25) is 0 Å². The Balaban J connectivity index is 2.14. The largest absolute Gasteiger partial charge is 0.496 e. The van der Waals surface area contributed by atoms with Gasteiger partial charge in [0.15, 0.2) is 0 Å². The maximum absolute atomic E-state index is 5.62. The molecule has 3 nitrogen and oxygen atoms in total. The van der Waals surface area contributed by atoms with Crippen LogP contribution < -0.4 is 10.1 Å². The summed E-state index contributed by atoms with van der Waals surface area (Å²) in [7, 11) is 1.70. The molecule has 1 aromatic carbocycles. The highest BCUT2D eigenvalue weighted by Gasteiger charge is 2.00. The van der Waals surface area contributed by atoms with Gasteiger partial charge in [0.2, 0.25) is 0 Å². The zero-order chi connectivity index (χ0) is 14.1. The summed E-state index contributed by atoms with van der Waals surface area (Å²) in [6, 6.07) is 6.29. The predicted octanol–water partition coefficient (Wildman–Crippen LogP) is 2.81. The molecule has 1 N–H and O–H groups in total. The molecule has 0 aliphatic rings. The molecular weight excluding hydrogens is 238 g/mol. The van der Waals surface area contributed by atoms with E-state index in [1.165, 1.54) is 11.1 Å². The average Bonchev–Trinajstić information content (AvgIpc) is 2.37. The molecule has 1 rings (SSSR count). The number of nitrogens with one attached hydrogen (secondary N) is 1. The Hall–Kier alpha value is -1.06. The molecule has 0 fully saturated rings. The van der Waals surface area contributed by atoms with E-state index in [4.69, 9.17) is 9.47 Å². The van der Waals surface area contributed by atoms with Crippen molar-refractivity contribution in [2.24, 2.45) is 5.92 Å². The fraction of sp³-hybridized carbons (Fsp3) is 0.625. The Bertz CT molecular complexity index is 364. The summed E-state index contributed by atoms with van der Waals surface area (Å²) in [6.45, 7) is 10.0. The van der Waals surface area contributed by atoms with E-state index in [2.05, 4.69) is 38.2 Å². The van der Waals surface area contributed by atoms with Crippen LogP contribution >= 0.6 is 0 Å². The third kappa shape index (κ3) is 6.60. The summed E-state index contributed by atoms with van der Waals surface area (Å²) in [5.74, 6) is 1.64. The van der Waals surface area contributed by atoms with E-state index in [1.54, 1.807) is 7.11 Å². The average molecular weight is 265 g/mol. The SMILES string of the molecule is COc1ccc(CCOCCNCC(C)C)cc1C. The van der Waals surface area contributed by atoms with Crippen molar-refractivity contribution in [3.63, 3.8) is 0 Å². The van der Waals surface area contributed by atoms with Gasteiger partial charge in [0.05, 0.1) is 20.3 Å². The molecule has 0 aliphatic carbocycles. The number of ether oxygens (including phenoxy) is 2. The minimum absolute atomic E-state index is 0.697. The van der Waals surface area contributed by atoms with E-state index in [1.807, 2.05) is 6.07 Å². The lowest BCUT2D eigenvalue weighted by Crippen LogP contribution is -2.24. The Morgan fingerprint density at radius 3 is 2.63 bits per heavy atom. The zero-order valence-corrected chi connectivity index (χ0v) is 12.7. The minimum atomic E-state index is 0.697. The normalized spacial score (nSPS) is 11.0. The zero-order valence-electron chi connectivity index (χ0n) is 12.7. The first-order valence-electron chi connectivity index (χ1n) is 7.05. The van der Waals surface area contributed by atoms with Gasteiger partial charge < -0.3 is 14.8 Å². The van der Waals surface area contributed by atoms with Gasteiger partial charge in [-0.05, 0) is 43.0 Å².